The number of benzene rings is 1. The molecule has 1 aromatic carbocycles. The first-order valence-electron chi connectivity index (χ1n) is 6.72. The lowest BCUT2D eigenvalue weighted by Crippen LogP contribution is -2.12. The molecule has 21 heavy (non-hydrogen) atoms. The number of ketones is 1. The summed E-state index contributed by atoms with van der Waals surface area (Å²) in [5.74, 6) is 0.649. The second-order valence-electron chi connectivity index (χ2n) is 4.87. The van der Waals surface area contributed by atoms with Crippen LogP contribution < -0.4 is 4.74 Å². The average Bonchev–Trinajstić information content (AvgIpc) is 2.83. The average molecular weight is 297 g/mol. The molecule has 3 rings (SSSR count). The highest BCUT2D eigenvalue weighted by Gasteiger charge is 2.13. The van der Waals surface area contributed by atoms with Crippen molar-refractivity contribution in [2.45, 2.75) is 13.8 Å². The Kier molecular flexibility index (Phi) is 3.71. The monoisotopic (exact) mass is 297 g/mol. The molecule has 3 nitrogen and oxygen atoms in total. The molecule has 0 aliphatic rings. The lowest BCUT2D eigenvalue weighted by atomic mass is 10.1. The first-order valence-corrected chi connectivity index (χ1v) is 7.53. The van der Waals surface area contributed by atoms with E-state index in [0.29, 0.717) is 5.75 Å². The Hall–Kier alpha value is -2.20. The van der Waals surface area contributed by atoms with Gasteiger partial charge in [0, 0.05) is 26.9 Å². The maximum Gasteiger partial charge on any atom is 0.201 e. The molecule has 0 aliphatic heterocycles. The number of hydrogen-bond donors (Lipinski definition) is 0. The Bertz CT molecular complexity index is 802. The fourth-order valence-electron chi connectivity index (χ4n) is 2.32. The van der Waals surface area contributed by atoms with Gasteiger partial charge in [-0.05, 0) is 32.0 Å². The molecule has 0 aliphatic carbocycles. The Morgan fingerprint density at radius 3 is 2.81 bits per heavy atom. The quantitative estimate of drug-likeness (QED) is 0.678. The summed E-state index contributed by atoms with van der Waals surface area (Å²) in [7, 11) is 0. The highest BCUT2D eigenvalue weighted by atomic mass is 32.1. The summed E-state index contributed by atoms with van der Waals surface area (Å²) in [4.78, 5) is 18.7. The maximum absolute atomic E-state index is 12.2. The molecule has 2 heterocycles. The van der Waals surface area contributed by atoms with E-state index in [-0.39, 0.29) is 12.4 Å². The van der Waals surface area contributed by atoms with Gasteiger partial charge in [0.1, 0.15) is 11.3 Å². The minimum Gasteiger partial charge on any atom is -0.483 e. The number of pyridine rings is 1. The van der Waals surface area contributed by atoms with Crippen LogP contribution in [0.4, 0.5) is 0 Å². The van der Waals surface area contributed by atoms with E-state index in [4.69, 9.17) is 4.74 Å². The van der Waals surface area contributed by atoms with Crippen molar-refractivity contribution in [2.75, 3.05) is 6.61 Å². The van der Waals surface area contributed by atoms with Gasteiger partial charge in [0.05, 0.1) is 0 Å². The van der Waals surface area contributed by atoms with Gasteiger partial charge in [0.15, 0.2) is 6.61 Å². The number of hydrogen-bond acceptors (Lipinski definition) is 4. The van der Waals surface area contributed by atoms with Crippen molar-refractivity contribution in [3.05, 3.63) is 57.9 Å². The largest absolute Gasteiger partial charge is 0.483 e. The predicted molar refractivity (Wildman–Crippen MR) is 85.4 cm³/mol. The lowest BCUT2D eigenvalue weighted by molar-refractivity contribution is 0.0922. The van der Waals surface area contributed by atoms with E-state index in [1.807, 2.05) is 50.2 Å². The van der Waals surface area contributed by atoms with Crippen LogP contribution in [-0.4, -0.2) is 17.4 Å². The van der Waals surface area contributed by atoms with Crippen molar-refractivity contribution in [1.29, 1.82) is 0 Å². The molecule has 0 atom stereocenters. The smallest absolute Gasteiger partial charge is 0.201 e. The molecule has 0 unspecified atom stereocenters. The summed E-state index contributed by atoms with van der Waals surface area (Å²) in [6.45, 7) is 4.00. The van der Waals surface area contributed by atoms with Gasteiger partial charge in [0.2, 0.25) is 5.78 Å². The molecule has 0 saturated carbocycles. The summed E-state index contributed by atoms with van der Waals surface area (Å²) in [6.07, 6.45) is 1.73. The molecule has 0 fully saturated rings. The van der Waals surface area contributed by atoms with E-state index in [9.17, 15) is 4.79 Å². The number of carbonyl (C=O) groups is 1. The van der Waals surface area contributed by atoms with Crippen LogP contribution in [0.2, 0.25) is 0 Å². The standard InChI is InChI=1S/C17H15NO2S/c1-11-9-14(12(2)21-11)15(19)10-20-16-7-3-5-13-6-4-8-18-17(13)16/h3-9H,10H2,1-2H3. The SMILES string of the molecule is Cc1cc(C(=O)COc2cccc3cccnc23)c(C)s1. The number of para-hydroxylation sites is 1. The van der Waals surface area contributed by atoms with Crippen molar-refractivity contribution in [3.8, 4) is 5.75 Å². The van der Waals surface area contributed by atoms with Gasteiger partial charge in [-0.3, -0.25) is 9.78 Å². The molecule has 3 aromatic rings. The van der Waals surface area contributed by atoms with Crippen molar-refractivity contribution in [3.63, 3.8) is 0 Å². The number of fused-ring (bicyclic) bond motifs is 1. The summed E-state index contributed by atoms with van der Waals surface area (Å²) in [6, 6.07) is 11.5. The van der Waals surface area contributed by atoms with E-state index in [1.54, 1.807) is 17.5 Å². The molecule has 0 radical (unpaired) electrons. The zero-order valence-electron chi connectivity index (χ0n) is 11.9. The van der Waals surface area contributed by atoms with Gasteiger partial charge in [-0.2, -0.15) is 0 Å². The summed E-state index contributed by atoms with van der Waals surface area (Å²) < 4.78 is 5.69. The van der Waals surface area contributed by atoms with Crippen LogP contribution in [0, 0.1) is 13.8 Å². The number of aromatic nitrogens is 1. The van der Waals surface area contributed by atoms with Gasteiger partial charge in [0.25, 0.3) is 0 Å². The number of carbonyl (C=O) groups excluding carboxylic acids is 1. The van der Waals surface area contributed by atoms with Crippen molar-refractivity contribution in [2.24, 2.45) is 0 Å². The third-order valence-electron chi connectivity index (χ3n) is 3.30. The van der Waals surface area contributed by atoms with E-state index >= 15 is 0 Å². The molecule has 0 amide bonds. The third-order valence-corrected chi connectivity index (χ3v) is 4.26. The van der Waals surface area contributed by atoms with Crippen LogP contribution in [0.5, 0.6) is 5.75 Å². The number of nitrogens with zero attached hydrogens (tertiary/aromatic N) is 1. The highest BCUT2D eigenvalue weighted by Crippen LogP contribution is 2.24. The zero-order valence-corrected chi connectivity index (χ0v) is 12.7. The summed E-state index contributed by atoms with van der Waals surface area (Å²) in [5, 5.41) is 1.00. The van der Waals surface area contributed by atoms with E-state index in [2.05, 4.69) is 4.98 Å². The fourth-order valence-corrected chi connectivity index (χ4v) is 3.26. The Labute approximate surface area is 127 Å². The first kappa shape index (κ1) is 13.8. The summed E-state index contributed by atoms with van der Waals surface area (Å²) >= 11 is 1.63. The lowest BCUT2D eigenvalue weighted by Gasteiger charge is -2.07. The second-order valence-corrected chi connectivity index (χ2v) is 6.33. The topological polar surface area (TPSA) is 39.2 Å². The van der Waals surface area contributed by atoms with Crippen molar-refractivity contribution in [1.82, 2.24) is 4.98 Å². The second kappa shape index (κ2) is 5.66. The molecule has 0 N–H and O–H groups in total. The van der Waals surface area contributed by atoms with Gasteiger partial charge in [-0.15, -0.1) is 11.3 Å². The van der Waals surface area contributed by atoms with Crippen LogP contribution >= 0.6 is 11.3 Å². The molecular weight excluding hydrogens is 282 g/mol. The number of aryl methyl sites for hydroxylation is 2. The summed E-state index contributed by atoms with van der Waals surface area (Å²) in [5.41, 5.74) is 1.54. The molecule has 0 saturated heterocycles. The maximum atomic E-state index is 12.2. The van der Waals surface area contributed by atoms with Gasteiger partial charge < -0.3 is 4.74 Å². The van der Waals surface area contributed by atoms with Crippen LogP contribution in [0.15, 0.2) is 42.6 Å². The van der Waals surface area contributed by atoms with E-state index < -0.39 is 0 Å². The Balaban J connectivity index is 1.81. The zero-order chi connectivity index (χ0) is 14.8. The number of rotatable bonds is 4. The van der Waals surface area contributed by atoms with Crippen LogP contribution in [0.1, 0.15) is 20.1 Å². The Morgan fingerprint density at radius 2 is 2.05 bits per heavy atom. The van der Waals surface area contributed by atoms with Gasteiger partial charge >= 0.3 is 0 Å². The van der Waals surface area contributed by atoms with Crippen LogP contribution in [-0.2, 0) is 0 Å². The number of Topliss-reactive ketones (excluding diaryl/α,β-unsaturated/α-hetero) is 1. The van der Waals surface area contributed by atoms with Crippen molar-refractivity contribution >= 4 is 28.0 Å². The minimum atomic E-state index is 0.00443. The predicted octanol–water partition coefficient (Wildman–Crippen LogP) is 4.17. The molecule has 4 heteroatoms. The molecular formula is C17H15NO2S. The minimum absolute atomic E-state index is 0.00443. The number of thiophene rings is 1. The molecule has 106 valence electrons. The fraction of sp³-hybridized carbons (Fsp3) is 0.176. The molecule has 0 spiro atoms. The van der Waals surface area contributed by atoms with Crippen LogP contribution in [0.25, 0.3) is 10.9 Å². The van der Waals surface area contributed by atoms with Crippen molar-refractivity contribution < 1.29 is 9.53 Å². The highest BCUT2D eigenvalue weighted by molar-refractivity contribution is 7.12. The van der Waals surface area contributed by atoms with Crippen LogP contribution in [0.3, 0.4) is 0 Å². The Morgan fingerprint density at radius 1 is 1.24 bits per heavy atom. The normalized spacial score (nSPS) is 10.8. The molecule has 2 aromatic heterocycles. The first-order chi connectivity index (χ1) is 10.1. The molecule has 0 bridgehead atoms. The van der Waals surface area contributed by atoms with Gasteiger partial charge in [-0.25, -0.2) is 0 Å². The third kappa shape index (κ3) is 2.81. The number of ether oxygens (including phenoxy) is 1. The van der Waals surface area contributed by atoms with E-state index in [0.717, 1.165) is 26.2 Å². The van der Waals surface area contributed by atoms with Gasteiger partial charge in [-0.1, -0.05) is 18.2 Å². The van der Waals surface area contributed by atoms with E-state index in [1.165, 1.54) is 0 Å².